The molecule has 0 amide bonds. The van der Waals surface area contributed by atoms with Gasteiger partial charge >= 0.3 is 11.4 Å². The third-order valence-electron chi connectivity index (χ3n) is 3.32. The summed E-state index contributed by atoms with van der Waals surface area (Å²) >= 11 is 0. The Bertz CT molecular complexity index is 543. The maximum Gasteiger partial charge on any atom is 0.347 e. The van der Waals surface area contributed by atoms with Crippen molar-refractivity contribution in [2.45, 2.75) is 24.3 Å². The van der Waals surface area contributed by atoms with Crippen LogP contribution in [0.4, 0.5) is 0 Å². The third-order valence-corrected chi connectivity index (χ3v) is 3.32. The van der Waals surface area contributed by atoms with Crippen molar-refractivity contribution in [3.8, 4) is 0 Å². The molecule has 7 nitrogen and oxygen atoms in total. The van der Waals surface area contributed by atoms with Crippen LogP contribution in [0.15, 0.2) is 21.7 Å². The van der Waals surface area contributed by atoms with Gasteiger partial charge in [0.2, 0.25) is 0 Å². The summed E-state index contributed by atoms with van der Waals surface area (Å²) in [4.78, 5) is 23.5. The van der Waals surface area contributed by atoms with E-state index in [2.05, 4.69) is 0 Å². The highest BCUT2D eigenvalue weighted by Gasteiger charge is 2.45. The molecule has 16 heavy (non-hydrogen) atoms. The van der Waals surface area contributed by atoms with Gasteiger partial charge < -0.3 is 10.2 Å². The molecule has 4 atom stereocenters. The Morgan fingerprint density at radius 3 is 1.75 bits per heavy atom. The van der Waals surface area contributed by atoms with Crippen molar-refractivity contribution in [2.24, 2.45) is 7.05 Å². The first-order valence-electron chi connectivity index (χ1n) is 4.98. The molecule has 86 valence electrons. The monoisotopic (exact) mass is 225 g/mol. The molecule has 2 aliphatic heterocycles. The average Bonchev–Trinajstić information content (AvgIpc) is 2.51. The van der Waals surface area contributed by atoms with Crippen LogP contribution < -0.4 is 11.4 Å². The molecule has 1 aromatic rings. The summed E-state index contributed by atoms with van der Waals surface area (Å²) in [6.45, 7) is 0. The number of nitrogens with zero attached hydrogens (tertiary/aromatic N) is 3. The largest absolute Gasteiger partial charge is 0.388 e. The first-order valence-corrected chi connectivity index (χ1v) is 4.98. The van der Waals surface area contributed by atoms with Crippen LogP contribution in [0.2, 0.25) is 0 Å². The third kappa shape index (κ3) is 0.856. The molecule has 1 aliphatic carbocycles. The topological polar surface area (TPSA) is 89.4 Å². The van der Waals surface area contributed by atoms with Gasteiger partial charge in [-0.3, -0.25) is 0 Å². The van der Waals surface area contributed by atoms with Crippen molar-refractivity contribution < 1.29 is 10.2 Å². The van der Waals surface area contributed by atoms with Crippen molar-refractivity contribution >= 4 is 0 Å². The number of hydrogen-bond donors (Lipinski definition) is 2. The van der Waals surface area contributed by atoms with Crippen LogP contribution in [0.5, 0.6) is 0 Å². The molecule has 3 heterocycles. The quantitative estimate of drug-likeness (QED) is 0.487. The lowest BCUT2D eigenvalue weighted by atomic mass is 9.90. The summed E-state index contributed by atoms with van der Waals surface area (Å²) in [6.07, 6.45) is 1.19. The molecule has 2 N–H and O–H groups in total. The molecular weight excluding hydrogens is 214 g/mol. The summed E-state index contributed by atoms with van der Waals surface area (Å²) in [5.74, 6) is 0. The Kier molecular flexibility index (Phi) is 1.65. The van der Waals surface area contributed by atoms with Crippen molar-refractivity contribution in [3.63, 3.8) is 0 Å². The number of hydrogen-bond acceptors (Lipinski definition) is 4. The lowest BCUT2D eigenvalue weighted by Gasteiger charge is -2.40. The van der Waals surface area contributed by atoms with E-state index >= 15 is 0 Å². The van der Waals surface area contributed by atoms with E-state index in [1.165, 1.54) is 16.4 Å². The van der Waals surface area contributed by atoms with E-state index in [0.29, 0.717) is 0 Å². The van der Waals surface area contributed by atoms with Crippen molar-refractivity contribution in [2.75, 3.05) is 0 Å². The molecule has 4 rings (SSSR count). The molecule has 2 bridgehead atoms. The van der Waals surface area contributed by atoms with Gasteiger partial charge in [0.15, 0.2) is 0 Å². The van der Waals surface area contributed by atoms with Gasteiger partial charge in [-0.15, -0.1) is 0 Å². The lowest BCUT2D eigenvalue weighted by Crippen LogP contribution is -2.54. The van der Waals surface area contributed by atoms with Gasteiger partial charge in [-0.1, -0.05) is 12.2 Å². The minimum absolute atomic E-state index is 0.477. The van der Waals surface area contributed by atoms with Crippen LogP contribution in [-0.4, -0.2) is 36.4 Å². The van der Waals surface area contributed by atoms with Crippen LogP contribution >= 0.6 is 0 Å². The second-order valence-electron chi connectivity index (χ2n) is 4.16. The minimum Gasteiger partial charge on any atom is -0.388 e. The van der Waals surface area contributed by atoms with Crippen molar-refractivity contribution in [1.82, 2.24) is 13.9 Å². The zero-order chi connectivity index (χ0) is 11.6. The van der Waals surface area contributed by atoms with Crippen LogP contribution in [0.1, 0.15) is 12.1 Å². The summed E-state index contributed by atoms with van der Waals surface area (Å²) in [7, 11) is 1.38. The van der Waals surface area contributed by atoms with E-state index in [9.17, 15) is 19.8 Å². The second kappa shape index (κ2) is 2.74. The van der Waals surface area contributed by atoms with Crippen molar-refractivity contribution in [1.29, 1.82) is 0 Å². The number of fused-ring (bicyclic) bond motifs is 1. The first-order chi connectivity index (χ1) is 7.54. The highest BCUT2D eigenvalue weighted by molar-refractivity contribution is 5.15. The second-order valence-corrected chi connectivity index (χ2v) is 4.16. The summed E-state index contributed by atoms with van der Waals surface area (Å²) in [5.41, 5.74) is -0.953. The maximum atomic E-state index is 11.8. The molecule has 0 spiro atoms. The van der Waals surface area contributed by atoms with Crippen LogP contribution in [0.25, 0.3) is 0 Å². The lowest BCUT2D eigenvalue weighted by molar-refractivity contribution is -0.0646. The molecule has 0 unspecified atom stereocenters. The predicted molar refractivity (Wildman–Crippen MR) is 53.2 cm³/mol. The SMILES string of the molecule is Cn1c(=O)n2n(c1=O)[C@H]1C=C[C@H]2[C@H](O)[C@@H]1O. The maximum absolute atomic E-state index is 11.8. The molecule has 7 heteroatoms. The summed E-state index contributed by atoms with van der Waals surface area (Å²) in [6, 6.07) is -1.33. The Morgan fingerprint density at radius 2 is 1.38 bits per heavy atom. The van der Waals surface area contributed by atoms with E-state index in [1.54, 1.807) is 12.2 Å². The number of rotatable bonds is 0. The number of aliphatic hydroxyl groups is 2. The number of aliphatic hydroxyl groups excluding tert-OH is 2. The van der Waals surface area contributed by atoms with Crippen LogP contribution in [0.3, 0.4) is 0 Å². The fourth-order valence-corrected chi connectivity index (χ4v) is 2.43. The fraction of sp³-hybridized carbons (Fsp3) is 0.556. The summed E-state index contributed by atoms with van der Waals surface area (Å²) < 4.78 is 3.37. The Hall–Kier alpha value is -1.60. The van der Waals surface area contributed by atoms with E-state index < -0.39 is 35.7 Å². The minimum atomic E-state index is -1.05. The van der Waals surface area contributed by atoms with Crippen molar-refractivity contribution in [3.05, 3.63) is 33.1 Å². The van der Waals surface area contributed by atoms with Crippen LogP contribution in [0, 0.1) is 0 Å². The van der Waals surface area contributed by atoms with Gasteiger partial charge in [0.25, 0.3) is 0 Å². The van der Waals surface area contributed by atoms with Gasteiger partial charge in [0.1, 0.15) is 24.3 Å². The molecule has 0 aromatic carbocycles. The molecular formula is C9H11N3O4. The first kappa shape index (κ1) is 9.61. The van der Waals surface area contributed by atoms with E-state index in [-0.39, 0.29) is 0 Å². The molecule has 0 radical (unpaired) electrons. The highest BCUT2D eigenvalue weighted by atomic mass is 16.3. The normalized spacial score (nSPS) is 35.4. The van der Waals surface area contributed by atoms with Gasteiger partial charge in [0, 0.05) is 7.05 Å². The van der Waals surface area contributed by atoms with Crippen LogP contribution in [-0.2, 0) is 7.05 Å². The zero-order valence-corrected chi connectivity index (χ0v) is 8.52. The molecule has 0 saturated carbocycles. The molecule has 1 aromatic heterocycles. The molecule has 0 fully saturated rings. The summed E-state index contributed by atoms with van der Waals surface area (Å²) in [5, 5.41) is 19.5. The zero-order valence-electron chi connectivity index (χ0n) is 8.52. The Balaban J connectivity index is 2.39. The van der Waals surface area contributed by atoms with E-state index in [0.717, 1.165) is 4.57 Å². The standard InChI is InChI=1S/C9H11N3O4/c1-10-8(15)11-4-2-3-5(7(14)6(4)13)12(11)9(10)16/h2-7,13-14H,1H3/t4-,5-,6-,7+/m0/s1. The highest BCUT2D eigenvalue weighted by Crippen LogP contribution is 2.33. The number of aromatic nitrogens is 3. The van der Waals surface area contributed by atoms with Gasteiger partial charge in [-0.2, -0.15) is 0 Å². The van der Waals surface area contributed by atoms with E-state index in [1.807, 2.05) is 0 Å². The molecule has 3 aliphatic rings. The predicted octanol–water partition coefficient (Wildman–Crippen LogP) is -2.26. The van der Waals surface area contributed by atoms with Gasteiger partial charge in [-0.25, -0.2) is 23.5 Å². The smallest absolute Gasteiger partial charge is 0.347 e. The molecule has 0 saturated heterocycles. The fourth-order valence-electron chi connectivity index (χ4n) is 2.43. The van der Waals surface area contributed by atoms with E-state index in [4.69, 9.17) is 0 Å². The van der Waals surface area contributed by atoms with Gasteiger partial charge in [-0.05, 0) is 0 Å². The Labute approximate surface area is 89.4 Å². The Morgan fingerprint density at radius 1 is 1.00 bits per heavy atom. The van der Waals surface area contributed by atoms with Gasteiger partial charge in [0.05, 0.1) is 0 Å². The average molecular weight is 225 g/mol.